The fraction of sp³-hybridized carbons (Fsp3) is 0.250. The molecule has 1 aliphatic carbocycles. The molecule has 2 unspecified atom stereocenters. The number of alkyl halides is 3. The Morgan fingerprint density at radius 3 is 2.67 bits per heavy atom. The van der Waals surface area contributed by atoms with Crippen LogP contribution >= 0.6 is 15.9 Å². The largest absolute Gasteiger partial charge is 0.439 e. The summed E-state index contributed by atoms with van der Waals surface area (Å²) >= 11 is 3.03. The first-order valence-electron chi connectivity index (χ1n) is 6.84. The third kappa shape index (κ3) is 2.53. The monoisotopic (exact) mass is 400 g/mol. The zero-order valence-corrected chi connectivity index (χ0v) is 13.7. The average Bonchev–Trinajstić information content (AvgIpc) is 2.71. The Labute approximate surface area is 143 Å². The van der Waals surface area contributed by atoms with E-state index in [9.17, 15) is 17.6 Å². The molecule has 1 aromatic heterocycles. The molecule has 1 heterocycles. The van der Waals surface area contributed by atoms with E-state index < -0.39 is 23.8 Å². The molecule has 0 aliphatic heterocycles. The molecule has 3 rings (SSSR count). The van der Waals surface area contributed by atoms with Gasteiger partial charge in [-0.05, 0) is 28.1 Å². The fourth-order valence-electron chi connectivity index (χ4n) is 2.66. The number of nitriles is 1. The fourth-order valence-corrected chi connectivity index (χ4v) is 3.17. The molecule has 8 heteroatoms. The first-order chi connectivity index (χ1) is 11.3. The van der Waals surface area contributed by atoms with Gasteiger partial charge < -0.3 is 4.74 Å². The van der Waals surface area contributed by atoms with Gasteiger partial charge in [0.25, 0.3) is 5.92 Å². The Morgan fingerprint density at radius 1 is 1.29 bits per heavy atom. The number of hydrogen-bond acceptors (Lipinski definition) is 3. The van der Waals surface area contributed by atoms with E-state index in [0.29, 0.717) is 0 Å². The lowest BCUT2D eigenvalue weighted by Gasteiger charge is -2.17. The van der Waals surface area contributed by atoms with Crippen molar-refractivity contribution < 1.29 is 22.3 Å². The van der Waals surface area contributed by atoms with Crippen LogP contribution in [0.4, 0.5) is 17.6 Å². The first kappa shape index (κ1) is 16.7. The molecule has 0 saturated heterocycles. The van der Waals surface area contributed by atoms with Crippen molar-refractivity contribution in [2.45, 2.75) is 24.9 Å². The van der Waals surface area contributed by atoms with Crippen molar-refractivity contribution in [3.8, 4) is 17.7 Å². The summed E-state index contributed by atoms with van der Waals surface area (Å²) in [7, 11) is 0. The van der Waals surface area contributed by atoms with E-state index in [-0.39, 0.29) is 32.8 Å². The van der Waals surface area contributed by atoms with E-state index in [2.05, 4.69) is 20.9 Å². The van der Waals surface area contributed by atoms with Gasteiger partial charge in [-0.2, -0.15) is 5.26 Å². The highest BCUT2D eigenvalue weighted by Crippen LogP contribution is 2.57. The van der Waals surface area contributed by atoms with Gasteiger partial charge in [0.05, 0.1) is 17.6 Å². The van der Waals surface area contributed by atoms with Crippen LogP contribution < -0.4 is 4.74 Å². The maximum absolute atomic E-state index is 14.1. The molecule has 0 fully saturated rings. The third-order valence-corrected chi connectivity index (χ3v) is 4.52. The number of ether oxygens (including phenoxy) is 1. The van der Waals surface area contributed by atoms with E-state index in [1.807, 2.05) is 0 Å². The second kappa shape index (κ2) is 5.74. The van der Waals surface area contributed by atoms with Crippen molar-refractivity contribution in [1.82, 2.24) is 4.98 Å². The SMILES string of the molecule is CC1c2c(Oc3cc(F)cc(C#N)c3)ncc(Br)c2C(F)C1(F)F. The van der Waals surface area contributed by atoms with Crippen molar-refractivity contribution in [2.24, 2.45) is 0 Å². The lowest BCUT2D eigenvalue weighted by molar-refractivity contribution is -0.0783. The standard InChI is InChI=1S/C16H9BrF4N2O/c1-7-12-13(14(19)16(7,20)21)11(17)6-23-15(12)24-10-3-8(5-22)2-9(18)4-10/h2-4,6-7,14H,1H3. The number of halogens is 5. The van der Waals surface area contributed by atoms with Crippen LogP contribution in [0.25, 0.3) is 0 Å². The lowest BCUT2D eigenvalue weighted by Crippen LogP contribution is -2.22. The molecule has 0 radical (unpaired) electrons. The van der Waals surface area contributed by atoms with Gasteiger partial charge in [0.15, 0.2) is 6.17 Å². The Bertz CT molecular complexity index is 866. The molecule has 0 saturated carbocycles. The minimum Gasteiger partial charge on any atom is -0.439 e. The Morgan fingerprint density at radius 2 is 2.00 bits per heavy atom. The summed E-state index contributed by atoms with van der Waals surface area (Å²) in [6.45, 7) is 1.17. The van der Waals surface area contributed by atoms with Crippen LogP contribution in [-0.4, -0.2) is 10.9 Å². The Balaban J connectivity index is 2.10. The van der Waals surface area contributed by atoms with Gasteiger partial charge in [-0.15, -0.1) is 0 Å². The molecule has 0 N–H and O–H groups in total. The highest BCUT2D eigenvalue weighted by Gasteiger charge is 2.56. The minimum atomic E-state index is -3.61. The van der Waals surface area contributed by atoms with Crippen LogP contribution in [0.2, 0.25) is 0 Å². The number of pyridine rings is 1. The van der Waals surface area contributed by atoms with Gasteiger partial charge >= 0.3 is 0 Å². The zero-order valence-electron chi connectivity index (χ0n) is 12.2. The van der Waals surface area contributed by atoms with Crippen molar-refractivity contribution in [2.75, 3.05) is 0 Å². The second-order valence-electron chi connectivity index (χ2n) is 5.39. The molecular weight excluding hydrogens is 392 g/mol. The normalized spacial score (nSPS) is 21.2. The van der Waals surface area contributed by atoms with E-state index in [4.69, 9.17) is 10.00 Å². The Kier molecular flexibility index (Phi) is 4.00. The van der Waals surface area contributed by atoms with E-state index >= 15 is 0 Å². The highest BCUT2D eigenvalue weighted by atomic mass is 79.9. The Hall–Kier alpha value is -2.14. The molecular formula is C16H9BrF4N2O. The minimum absolute atomic E-state index is 0.000466. The third-order valence-electron chi connectivity index (χ3n) is 3.89. The maximum Gasteiger partial charge on any atom is 0.289 e. The van der Waals surface area contributed by atoms with Gasteiger partial charge in [-0.3, -0.25) is 0 Å². The van der Waals surface area contributed by atoms with Gasteiger partial charge in [-0.25, -0.2) is 22.5 Å². The summed E-state index contributed by atoms with van der Waals surface area (Å²) in [6, 6.07) is 4.98. The van der Waals surface area contributed by atoms with E-state index in [1.54, 1.807) is 6.07 Å². The second-order valence-corrected chi connectivity index (χ2v) is 6.24. The van der Waals surface area contributed by atoms with Gasteiger partial charge in [-0.1, -0.05) is 6.92 Å². The smallest absolute Gasteiger partial charge is 0.289 e. The molecule has 0 amide bonds. The number of aromatic nitrogens is 1. The summed E-state index contributed by atoms with van der Waals surface area (Å²) in [5.74, 6) is -6.12. The number of rotatable bonds is 2. The van der Waals surface area contributed by atoms with Gasteiger partial charge in [0.2, 0.25) is 5.88 Å². The van der Waals surface area contributed by atoms with Crippen LogP contribution in [0.5, 0.6) is 11.6 Å². The van der Waals surface area contributed by atoms with E-state index in [0.717, 1.165) is 18.3 Å². The predicted octanol–water partition coefficient (Wildman–Crippen LogP) is 5.41. The zero-order chi connectivity index (χ0) is 17.6. The molecule has 1 aromatic carbocycles. The summed E-state index contributed by atoms with van der Waals surface area (Å²) in [6.07, 6.45) is -1.34. The molecule has 0 spiro atoms. The number of hydrogen-bond donors (Lipinski definition) is 0. The van der Waals surface area contributed by atoms with Crippen LogP contribution in [0.15, 0.2) is 28.9 Å². The van der Waals surface area contributed by atoms with Crippen LogP contribution in [-0.2, 0) is 0 Å². The van der Waals surface area contributed by atoms with E-state index in [1.165, 1.54) is 13.0 Å². The maximum atomic E-state index is 14.1. The average molecular weight is 401 g/mol. The predicted molar refractivity (Wildman–Crippen MR) is 80.3 cm³/mol. The van der Waals surface area contributed by atoms with Gasteiger partial charge in [0, 0.05) is 27.9 Å². The quantitative estimate of drug-likeness (QED) is 0.633. The van der Waals surface area contributed by atoms with Crippen LogP contribution in [0.1, 0.15) is 35.7 Å². The molecule has 1 aliphatic rings. The van der Waals surface area contributed by atoms with Crippen molar-refractivity contribution in [3.63, 3.8) is 0 Å². The number of nitrogens with zero attached hydrogens (tertiary/aromatic N) is 2. The van der Waals surface area contributed by atoms with Crippen molar-refractivity contribution >= 4 is 15.9 Å². The number of fused-ring (bicyclic) bond motifs is 1. The van der Waals surface area contributed by atoms with Crippen LogP contribution in [0.3, 0.4) is 0 Å². The molecule has 24 heavy (non-hydrogen) atoms. The molecule has 2 atom stereocenters. The topological polar surface area (TPSA) is 45.9 Å². The molecule has 124 valence electrons. The molecule has 2 aromatic rings. The van der Waals surface area contributed by atoms with Crippen LogP contribution in [0, 0.1) is 17.1 Å². The summed E-state index contributed by atoms with van der Waals surface area (Å²) in [4.78, 5) is 3.91. The summed E-state index contributed by atoms with van der Waals surface area (Å²) in [5.41, 5.74) is -0.306. The molecule has 0 bridgehead atoms. The summed E-state index contributed by atoms with van der Waals surface area (Å²) in [5, 5.41) is 8.85. The summed E-state index contributed by atoms with van der Waals surface area (Å²) < 4.78 is 61.2. The lowest BCUT2D eigenvalue weighted by atomic mass is 10.0. The van der Waals surface area contributed by atoms with Crippen molar-refractivity contribution in [1.29, 1.82) is 5.26 Å². The first-order valence-corrected chi connectivity index (χ1v) is 7.63. The van der Waals surface area contributed by atoms with Gasteiger partial charge in [0.1, 0.15) is 11.6 Å². The highest BCUT2D eigenvalue weighted by molar-refractivity contribution is 9.10. The molecule has 3 nitrogen and oxygen atoms in total. The number of benzene rings is 1. The van der Waals surface area contributed by atoms with Crippen molar-refractivity contribution in [3.05, 3.63) is 51.4 Å².